The fraction of sp³-hybridized carbons (Fsp3) is 0.267. The van der Waals surface area contributed by atoms with E-state index in [1.807, 2.05) is 42.8 Å². The molecule has 0 aliphatic carbocycles. The maximum Gasteiger partial charge on any atom is 0.203 e. The van der Waals surface area contributed by atoms with Gasteiger partial charge in [0.05, 0.1) is 7.11 Å². The van der Waals surface area contributed by atoms with Gasteiger partial charge in [0.25, 0.3) is 0 Å². The van der Waals surface area contributed by atoms with Crippen LogP contribution in [-0.2, 0) is 6.54 Å². The second-order valence-corrected chi connectivity index (χ2v) is 4.90. The summed E-state index contributed by atoms with van der Waals surface area (Å²) in [7, 11) is 3.66. The Hall–Kier alpha value is -2.63. The number of methoxy groups -OCH3 is 1. The molecule has 0 N–H and O–H groups in total. The number of anilines is 1. The Morgan fingerprint density at radius 2 is 2.14 bits per heavy atom. The van der Waals surface area contributed by atoms with Gasteiger partial charge in [0, 0.05) is 26.0 Å². The summed E-state index contributed by atoms with van der Waals surface area (Å²) in [5, 5.41) is 8.30. The molecule has 2 aromatic heterocycles. The third-order valence-electron chi connectivity index (χ3n) is 3.39. The van der Waals surface area contributed by atoms with Crippen LogP contribution in [0.2, 0.25) is 0 Å². The van der Waals surface area contributed by atoms with E-state index in [0.717, 1.165) is 35.1 Å². The van der Waals surface area contributed by atoms with Crippen molar-refractivity contribution in [3.05, 3.63) is 48.0 Å². The molecule has 3 aromatic rings. The van der Waals surface area contributed by atoms with Crippen molar-refractivity contribution in [1.29, 1.82) is 0 Å². The van der Waals surface area contributed by atoms with Crippen LogP contribution in [0.15, 0.2) is 36.7 Å². The van der Waals surface area contributed by atoms with E-state index >= 15 is 0 Å². The first-order chi connectivity index (χ1) is 10.2. The molecule has 2 heterocycles. The van der Waals surface area contributed by atoms with Gasteiger partial charge in [-0.1, -0.05) is 12.1 Å². The highest BCUT2D eigenvalue weighted by Crippen LogP contribution is 2.20. The zero-order valence-electron chi connectivity index (χ0n) is 12.3. The second kappa shape index (κ2) is 5.40. The molecule has 0 radical (unpaired) electrons. The molecule has 0 aliphatic rings. The molecule has 6 heteroatoms. The lowest BCUT2D eigenvalue weighted by molar-refractivity contribution is 0.414. The lowest BCUT2D eigenvalue weighted by atomic mass is 10.2. The molecule has 0 fully saturated rings. The average Bonchev–Trinajstić information content (AvgIpc) is 2.89. The maximum atomic E-state index is 5.26. The highest BCUT2D eigenvalue weighted by Gasteiger charge is 2.12. The number of aromatic nitrogens is 4. The van der Waals surface area contributed by atoms with Crippen molar-refractivity contribution in [2.24, 2.45) is 0 Å². The summed E-state index contributed by atoms with van der Waals surface area (Å²) in [6.45, 7) is 2.64. The summed E-state index contributed by atoms with van der Waals surface area (Å²) in [5.41, 5.74) is 1.91. The van der Waals surface area contributed by atoms with Crippen molar-refractivity contribution in [3.8, 4) is 5.75 Å². The Morgan fingerprint density at radius 1 is 1.29 bits per heavy atom. The number of hydrogen-bond donors (Lipinski definition) is 0. The molecule has 0 aliphatic heterocycles. The van der Waals surface area contributed by atoms with Gasteiger partial charge in [-0.05, 0) is 24.6 Å². The van der Waals surface area contributed by atoms with E-state index in [4.69, 9.17) is 4.74 Å². The van der Waals surface area contributed by atoms with Gasteiger partial charge in [-0.15, -0.1) is 10.2 Å². The molecule has 3 rings (SSSR count). The zero-order chi connectivity index (χ0) is 14.8. The summed E-state index contributed by atoms with van der Waals surface area (Å²) >= 11 is 0. The van der Waals surface area contributed by atoms with Crippen molar-refractivity contribution in [2.45, 2.75) is 13.5 Å². The van der Waals surface area contributed by atoms with E-state index in [2.05, 4.69) is 26.1 Å². The standard InChI is InChI=1S/C15H17N5O/c1-11-17-18-15-14(16-7-8-20(11)15)19(2)10-12-5-4-6-13(9-12)21-3/h4-9H,10H2,1-3H3. The molecule has 21 heavy (non-hydrogen) atoms. The van der Waals surface area contributed by atoms with Crippen molar-refractivity contribution < 1.29 is 4.74 Å². The fourth-order valence-electron chi connectivity index (χ4n) is 2.32. The van der Waals surface area contributed by atoms with Gasteiger partial charge in [0.2, 0.25) is 5.65 Å². The van der Waals surface area contributed by atoms with Crippen LogP contribution >= 0.6 is 0 Å². The van der Waals surface area contributed by atoms with E-state index in [1.165, 1.54) is 0 Å². The fourth-order valence-corrected chi connectivity index (χ4v) is 2.32. The van der Waals surface area contributed by atoms with E-state index < -0.39 is 0 Å². The first-order valence-corrected chi connectivity index (χ1v) is 6.69. The predicted molar refractivity (Wildman–Crippen MR) is 80.6 cm³/mol. The monoisotopic (exact) mass is 283 g/mol. The molecule has 6 nitrogen and oxygen atoms in total. The van der Waals surface area contributed by atoms with Gasteiger partial charge in [-0.2, -0.15) is 0 Å². The maximum absolute atomic E-state index is 5.26. The Balaban J connectivity index is 1.91. The van der Waals surface area contributed by atoms with Crippen molar-refractivity contribution in [2.75, 3.05) is 19.1 Å². The topological polar surface area (TPSA) is 55.5 Å². The van der Waals surface area contributed by atoms with Crippen LogP contribution in [0.25, 0.3) is 5.65 Å². The first-order valence-electron chi connectivity index (χ1n) is 6.69. The summed E-state index contributed by atoms with van der Waals surface area (Å²) < 4.78 is 7.19. The minimum absolute atomic E-state index is 0.718. The van der Waals surface area contributed by atoms with Crippen LogP contribution < -0.4 is 9.64 Å². The SMILES string of the molecule is COc1cccc(CN(C)c2nccn3c(C)nnc23)c1. The molecule has 0 saturated carbocycles. The van der Waals surface area contributed by atoms with Gasteiger partial charge < -0.3 is 9.64 Å². The molecule has 0 saturated heterocycles. The molecule has 0 atom stereocenters. The van der Waals surface area contributed by atoms with Crippen molar-refractivity contribution in [3.63, 3.8) is 0 Å². The van der Waals surface area contributed by atoms with Crippen LogP contribution in [0.1, 0.15) is 11.4 Å². The quantitative estimate of drug-likeness (QED) is 0.733. The van der Waals surface area contributed by atoms with Crippen LogP contribution in [-0.4, -0.2) is 33.7 Å². The van der Waals surface area contributed by atoms with E-state index in [0.29, 0.717) is 0 Å². The largest absolute Gasteiger partial charge is 0.497 e. The summed E-state index contributed by atoms with van der Waals surface area (Å²) in [6.07, 6.45) is 3.63. The normalized spacial score (nSPS) is 10.8. The summed E-state index contributed by atoms with van der Waals surface area (Å²) in [6, 6.07) is 8.00. The van der Waals surface area contributed by atoms with Crippen LogP contribution in [0.5, 0.6) is 5.75 Å². The Kier molecular flexibility index (Phi) is 3.43. The molecule has 0 bridgehead atoms. The molecular weight excluding hydrogens is 266 g/mol. The van der Waals surface area contributed by atoms with E-state index in [-0.39, 0.29) is 0 Å². The van der Waals surface area contributed by atoms with Crippen LogP contribution in [0.3, 0.4) is 0 Å². The minimum Gasteiger partial charge on any atom is -0.497 e. The van der Waals surface area contributed by atoms with Crippen LogP contribution in [0, 0.1) is 6.92 Å². The third kappa shape index (κ3) is 2.52. The highest BCUT2D eigenvalue weighted by molar-refractivity contribution is 5.63. The van der Waals surface area contributed by atoms with Crippen molar-refractivity contribution >= 4 is 11.5 Å². The summed E-state index contributed by atoms with van der Waals surface area (Å²) in [4.78, 5) is 6.48. The van der Waals surface area contributed by atoms with Gasteiger partial charge in [0.15, 0.2) is 5.82 Å². The molecule has 0 spiro atoms. The summed E-state index contributed by atoms with van der Waals surface area (Å²) in [5.74, 6) is 2.51. The highest BCUT2D eigenvalue weighted by atomic mass is 16.5. The molecule has 1 aromatic carbocycles. The van der Waals surface area contributed by atoms with Gasteiger partial charge in [-0.3, -0.25) is 4.40 Å². The van der Waals surface area contributed by atoms with E-state index in [9.17, 15) is 0 Å². The van der Waals surface area contributed by atoms with Gasteiger partial charge in [-0.25, -0.2) is 4.98 Å². The third-order valence-corrected chi connectivity index (χ3v) is 3.39. The predicted octanol–water partition coefficient (Wildman–Crippen LogP) is 2.08. The number of nitrogens with zero attached hydrogens (tertiary/aromatic N) is 5. The zero-order valence-corrected chi connectivity index (χ0v) is 12.3. The first kappa shape index (κ1) is 13.4. The van der Waals surface area contributed by atoms with Crippen LogP contribution in [0.4, 0.5) is 5.82 Å². The number of hydrogen-bond acceptors (Lipinski definition) is 5. The number of rotatable bonds is 4. The van der Waals surface area contributed by atoms with Gasteiger partial charge >= 0.3 is 0 Å². The lowest BCUT2D eigenvalue weighted by Crippen LogP contribution is -2.18. The molecular formula is C15H17N5O. The molecule has 0 amide bonds. The Labute approximate surface area is 123 Å². The van der Waals surface area contributed by atoms with E-state index in [1.54, 1.807) is 13.3 Å². The second-order valence-electron chi connectivity index (χ2n) is 4.90. The minimum atomic E-state index is 0.718. The Morgan fingerprint density at radius 3 is 2.95 bits per heavy atom. The lowest BCUT2D eigenvalue weighted by Gasteiger charge is -2.18. The number of ether oxygens (including phenoxy) is 1. The average molecular weight is 283 g/mol. The van der Waals surface area contributed by atoms with Crippen molar-refractivity contribution in [1.82, 2.24) is 19.6 Å². The smallest absolute Gasteiger partial charge is 0.203 e. The van der Waals surface area contributed by atoms with Gasteiger partial charge in [0.1, 0.15) is 11.6 Å². The number of aryl methyl sites for hydroxylation is 1. The number of fused-ring (bicyclic) bond motifs is 1. The molecule has 108 valence electrons. The number of benzene rings is 1. The Bertz CT molecular complexity index is 768. The molecule has 0 unspecified atom stereocenters.